The summed E-state index contributed by atoms with van der Waals surface area (Å²) < 4.78 is 16.8. The van der Waals surface area contributed by atoms with Gasteiger partial charge in [0.15, 0.2) is 18.1 Å². The maximum absolute atomic E-state index is 11.9. The van der Waals surface area contributed by atoms with Crippen LogP contribution in [0.1, 0.15) is 19.4 Å². The number of urea groups is 1. The molecule has 0 unspecified atom stereocenters. The summed E-state index contributed by atoms with van der Waals surface area (Å²) >= 11 is 6.72. The number of ether oxygens (including phenoxy) is 3. The molecule has 0 aliphatic carbocycles. The van der Waals surface area contributed by atoms with Crippen molar-refractivity contribution in [3.8, 4) is 11.5 Å². The van der Waals surface area contributed by atoms with E-state index < -0.39 is 23.8 Å². The number of barbiturate groups is 1. The number of amides is 4. The van der Waals surface area contributed by atoms with Crippen LogP contribution in [0, 0.1) is 0 Å². The Morgan fingerprint density at radius 2 is 1.68 bits per heavy atom. The third kappa shape index (κ3) is 5.10. The lowest BCUT2D eigenvalue weighted by Gasteiger charge is -2.17. The second-order valence-electron chi connectivity index (χ2n) is 5.24. The summed E-state index contributed by atoms with van der Waals surface area (Å²) in [6, 6.07) is 0.646. The quantitative estimate of drug-likeness (QED) is 0.322. The molecule has 0 atom stereocenters. The minimum absolute atomic E-state index is 0.227. The zero-order chi connectivity index (χ0) is 20.8. The first-order valence-corrected chi connectivity index (χ1v) is 9.68. The van der Waals surface area contributed by atoms with Crippen LogP contribution in [0.15, 0.2) is 20.6 Å². The van der Waals surface area contributed by atoms with E-state index in [0.717, 1.165) is 0 Å². The van der Waals surface area contributed by atoms with E-state index in [4.69, 9.17) is 14.2 Å². The van der Waals surface area contributed by atoms with Gasteiger partial charge in [-0.15, -0.1) is 0 Å². The summed E-state index contributed by atoms with van der Waals surface area (Å²) in [6.07, 6.45) is 1.30. The van der Waals surface area contributed by atoms with Crippen molar-refractivity contribution in [3.05, 3.63) is 26.1 Å². The van der Waals surface area contributed by atoms with Crippen molar-refractivity contribution in [2.45, 2.75) is 13.8 Å². The second kappa shape index (κ2) is 9.69. The number of hydrogen-bond acceptors (Lipinski definition) is 7. The van der Waals surface area contributed by atoms with Crippen LogP contribution in [-0.2, 0) is 19.1 Å². The minimum Gasteiger partial charge on any atom is -0.490 e. The molecule has 1 aliphatic heterocycles. The second-order valence-corrected chi connectivity index (χ2v) is 6.83. The molecule has 1 aromatic rings. The van der Waals surface area contributed by atoms with E-state index in [9.17, 15) is 19.2 Å². The highest BCUT2D eigenvalue weighted by molar-refractivity contribution is 9.13. The Balaban J connectivity index is 2.43. The number of nitrogens with one attached hydrogen (secondary N) is 2. The molecular weight excluding hydrogens is 504 g/mol. The van der Waals surface area contributed by atoms with Gasteiger partial charge in [0.25, 0.3) is 11.8 Å². The molecule has 0 bridgehead atoms. The lowest BCUT2D eigenvalue weighted by atomic mass is 10.1. The number of esters is 1. The topological polar surface area (TPSA) is 120 Å². The van der Waals surface area contributed by atoms with Crippen molar-refractivity contribution in [1.82, 2.24) is 10.6 Å². The third-order valence-electron chi connectivity index (χ3n) is 3.34. The molecule has 2 N–H and O–H groups in total. The Morgan fingerprint density at radius 3 is 2.25 bits per heavy atom. The summed E-state index contributed by atoms with van der Waals surface area (Å²) in [4.78, 5) is 46.6. The van der Waals surface area contributed by atoms with Crippen LogP contribution in [-0.4, -0.2) is 43.6 Å². The molecule has 0 aromatic heterocycles. The van der Waals surface area contributed by atoms with Gasteiger partial charge in [0.2, 0.25) is 0 Å². The minimum atomic E-state index is -0.884. The maximum atomic E-state index is 11.9. The van der Waals surface area contributed by atoms with Crippen LogP contribution < -0.4 is 20.1 Å². The van der Waals surface area contributed by atoms with E-state index in [-0.39, 0.29) is 30.3 Å². The summed E-state index contributed by atoms with van der Waals surface area (Å²) in [5.41, 5.74) is 0.156. The van der Waals surface area contributed by atoms with Gasteiger partial charge in [0.1, 0.15) is 5.57 Å². The van der Waals surface area contributed by atoms with Crippen LogP contribution in [0.4, 0.5) is 4.79 Å². The van der Waals surface area contributed by atoms with Gasteiger partial charge in [-0.2, -0.15) is 0 Å². The number of rotatable bonds is 7. The molecule has 9 nitrogen and oxygen atoms in total. The van der Waals surface area contributed by atoms with Gasteiger partial charge in [-0.1, -0.05) is 0 Å². The largest absolute Gasteiger partial charge is 0.490 e. The molecular formula is C17H16Br2N2O7. The van der Waals surface area contributed by atoms with Crippen molar-refractivity contribution in [3.63, 3.8) is 0 Å². The first-order chi connectivity index (χ1) is 13.3. The predicted molar refractivity (Wildman–Crippen MR) is 105 cm³/mol. The molecule has 1 heterocycles. The molecule has 150 valence electrons. The molecule has 2 rings (SSSR count). The van der Waals surface area contributed by atoms with Gasteiger partial charge >= 0.3 is 12.0 Å². The summed E-state index contributed by atoms with van der Waals surface area (Å²) in [6.45, 7) is 3.65. The zero-order valence-corrected chi connectivity index (χ0v) is 18.1. The van der Waals surface area contributed by atoms with E-state index in [0.29, 0.717) is 21.1 Å². The lowest BCUT2D eigenvalue weighted by molar-refractivity contribution is -0.145. The predicted octanol–water partition coefficient (Wildman–Crippen LogP) is 2.30. The van der Waals surface area contributed by atoms with Crippen LogP contribution in [0.25, 0.3) is 6.08 Å². The molecule has 1 saturated heterocycles. The van der Waals surface area contributed by atoms with Crippen molar-refractivity contribution in [2.24, 2.45) is 0 Å². The maximum Gasteiger partial charge on any atom is 0.344 e. The van der Waals surface area contributed by atoms with E-state index >= 15 is 0 Å². The molecule has 1 fully saturated rings. The standard InChI is InChI=1S/C17H16Br2N2O7/c1-3-26-10-6-8(5-9-15(23)20-17(25)21-16(9)24)12(18)13(19)14(10)28-7-11(22)27-4-2/h5-6H,3-4,7H2,1-2H3,(H2,20,21,23,24,25). The van der Waals surface area contributed by atoms with Gasteiger partial charge in [-0.25, -0.2) is 9.59 Å². The Morgan fingerprint density at radius 1 is 1.04 bits per heavy atom. The van der Waals surface area contributed by atoms with E-state index in [2.05, 4.69) is 31.9 Å². The molecule has 0 saturated carbocycles. The fourth-order valence-corrected chi connectivity index (χ4v) is 3.15. The summed E-state index contributed by atoms with van der Waals surface area (Å²) in [5, 5.41) is 4.00. The number of imide groups is 2. The number of carbonyl (C=O) groups is 4. The lowest BCUT2D eigenvalue weighted by Crippen LogP contribution is -2.51. The zero-order valence-electron chi connectivity index (χ0n) is 14.9. The van der Waals surface area contributed by atoms with Gasteiger partial charge in [-0.3, -0.25) is 20.2 Å². The van der Waals surface area contributed by atoms with Crippen LogP contribution in [0.3, 0.4) is 0 Å². The third-order valence-corrected chi connectivity index (χ3v) is 5.48. The van der Waals surface area contributed by atoms with Crippen molar-refractivity contribution in [1.29, 1.82) is 0 Å². The first kappa shape index (κ1) is 21.9. The van der Waals surface area contributed by atoms with E-state index in [1.165, 1.54) is 12.1 Å². The smallest absolute Gasteiger partial charge is 0.344 e. The highest BCUT2D eigenvalue weighted by Crippen LogP contribution is 2.43. The number of benzene rings is 1. The van der Waals surface area contributed by atoms with Gasteiger partial charge in [0.05, 0.1) is 17.7 Å². The van der Waals surface area contributed by atoms with Crippen LogP contribution in [0.2, 0.25) is 0 Å². The Bertz CT molecular complexity index is 846. The Labute approximate surface area is 177 Å². The van der Waals surface area contributed by atoms with Crippen molar-refractivity contribution >= 4 is 61.8 Å². The molecule has 1 aromatic carbocycles. The number of halogens is 2. The SMILES string of the molecule is CCOC(=O)COc1c(OCC)cc(C=C2C(=O)NC(=O)NC2=O)c(Br)c1Br. The summed E-state index contributed by atoms with van der Waals surface area (Å²) in [7, 11) is 0. The average molecular weight is 520 g/mol. The average Bonchev–Trinajstić information content (AvgIpc) is 2.62. The molecule has 11 heteroatoms. The fourth-order valence-electron chi connectivity index (χ4n) is 2.20. The van der Waals surface area contributed by atoms with Gasteiger partial charge < -0.3 is 14.2 Å². The number of hydrogen-bond donors (Lipinski definition) is 2. The fraction of sp³-hybridized carbons (Fsp3) is 0.294. The summed E-state index contributed by atoms with van der Waals surface area (Å²) in [5.74, 6) is -1.66. The van der Waals surface area contributed by atoms with E-state index in [1.807, 2.05) is 10.6 Å². The molecule has 0 spiro atoms. The van der Waals surface area contributed by atoms with E-state index in [1.54, 1.807) is 13.8 Å². The monoisotopic (exact) mass is 518 g/mol. The Hall–Kier alpha value is -2.40. The van der Waals surface area contributed by atoms with Crippen molar-refractivity contribution < 1.29 is 33.4 Å². The molecule has 0 radical (unpaired) electrons. The number of carbonyl (C=O) groups excluding carboxylic acids is 4. The first-order valence-electron chi connectivity index (χ1n) is 8.10. The van der Waals surface area contributed by atoms with Gasteiger partial charge in [0, 0.05) is 4.47 Å². The Kier molecular flexibility index (Phi) is 7.58. The molecule has 28 heavy (non-hydrogen) atoms. The highest BCUT2D eigenvalue weighted by Gasteiger charge is 2.28. The molecule has 4 amide bonds. The van der Waals surface area contributed by atoms with Crippen molar-refractivity contribution in [2.75, 3.05) is 19.8 Å². The van der Waals surface area contributed by atoms with Gasteiger partial charge in [-0.05, 0) is 63.4 Å². The molecule has 1 aliphatic rings. The normalized spacial score (nSPS) is 13.6. The van der Waals surface area contributed by atoms with Crippen LogP contribution in [0.5, 0.6) is 11.5 Å². The van der Waals surface area contributed by atoms with Crippen LogP contribution >= 0.6 is 31.9 Å². The highest BCUT2D eigenvalue weighted by atomic mass is 79.9.